The van der Waals surface area contributed by atoms with Gasteiger partial charge in [0.25, 0.3) is 11.8 Å². The lowest BCUT2D eigenvalue weighted by Gasteiger charge is -2.11. The number of anilines is 2. The van der Waals surface area contributed by atoms with Crippen LogP contribution in [0.2, 0.25) is 10.0 Å². The maximum atomic E-state index is 12.9. The van der Waals surface area contributed by atoms with Crippen LogP contribution in [0.1, 0.15) is 21.5 Å². The summed E-state index contributed by atoms with van der Waals surface area (Å²) in [7, 11) is 0. The van der Waals surface area contributed by atoms with Gasteiger partial charge in [0.2, 0.25) is 0 Å². The van der Waals surface area contributed by atoms with Crippen molar-refractivity contribution in [2.24, 2.45) is 0 Å². The van der Waals surface area contributed by atoms with Gasteiger partial charge in [0.05, 0.1) is 21.3 Å². The van der Waals surface area contributed by atoms with Crippen molar-refractivity contribution in [1.82, 2.24) is 10.5 Å². The molecule has 0 aliphatic carbocycles. The first kappa shape index (κ1) is 25.9. The molecule has 0 saturated carbocycles. The normalized spacial score (nSPS) is 10.8. The van der Waals surface area contributed by atoms with Gasteiger partial charge in [-0.2, -0.15) is 0 Å². The Hall–Kier alpha value is -4.17. The number of aromatic nitrogens is 1. The van der Waals surface area contributed by atoms with E-state index in [-0.39, 0.29) is 5.91 Å². The minimum Gasteiger partial charge on any atom is -0.381 e. The molecule has 0 aliphatic rings. The monoisotopic (exact) mass is 532 g/mol. The summed E-state index contributed by atoms with van der Waals surface area (Å²) in [5.41, 5.74) is 6.46. The van der Waals surface area contributed by atoms with E-state index in [0.717, 1.165) is 16.8 Å². The highest BCUT2D eigenvalue weighted by Gasteiger charge is 2.13. The van der Waals surface area contributed by atoms with E-state index >= 15 is 0 Å². The van der Waals surface area contributed by atoms with Crippen LogP contribution in [-0.4, -0.2) is 22.0 Å². The average Bonchev–Trinajstić information content (AvgIpc) is 2.92. The zero-order valence-corrected chi connectivity index (χ0v) is 20.9. The third kappa shape index (κ3) is 6.95. The summed E-state index contributed by atoms with van der Waals surface area (Å²) in [6.45, 7) is 0.494. The van der Waals surface area contributed by atoms with Crippen LogP contribution in [0.5, 0.6) is 0 Å². The lowest BCUT2D eigenvalue weighted by molar-refractivity contribution is -0.124. The molecule has 0 bridgehead atoms. The number of hydrogen-bond acceptors (Lipinski definition) is 5. The fourth-order valence-corrected chi connectivity index (χ4v) is 4.00. The fourth-order valence-electron chi connectivity index (χ4n) is 3.50. The summed E-state index contributed by atoms with van der Waals surface area (Å²) >= 11 is 12.8. The molecule has 0 radical (unpaired) electrons. The zero-order chi connectivity index (χ0) is 26.2. The topological polar surface area (TPSA) is 103 Å². The van der Waals surface area contributed by atoms with Gasteiger partial charge in [0.1, 0.15) is 0 Å². The van der Waals surface area contributed by atoms with Crippen LogP contribution < -0.4 is 16.1 Å². The highest BCUT2D eigenvalue weighted by atomic mass is 35.5. The van der Waals surface area contributed by atoms with Gasteiger partial charge in [-0.1, -0.05) is 47.5 Å². The van der Waals surface area contributed by atoms with Crippen LogP contribution in [0, 0.1) is 0 Å². The second-order valence-electron chi connectivity index (χ2n) is 7.96. The molecule has 7 nitrogen and oxygen atoms in total. The number of rotatable bonds is 8. The third-order valence-electron chi connectivity index (χ3n) is 5.39. The lowest BCUT2D eigenvalue weighted by Crippen LogP contribution is -2.14. The Labute approximate surface area is 223 Å². The average molecular weight is 533 g/mol. The van der Waals surface area contributed by atoms with Crippen molar-refractivity contribution in [1.29, 1.82) is 0 Å². The number of nitrogens with zero attached hydrogens (tertiary/aromatic N) is 1. The molecular weight excluding hydrogens is 511 g/mol. The van der Waals surface area contributed by atoms with E-state index < -0.39 is 5.91 Å². The maximum Gasteiger partial charge on any atom is 0.267 e. The van der Waals surface area contributed by atoms with Crippen LogP contribution in [-0.2, 0) is 11.3 Å². The molecule has 9 heteroatoms. The van der Waals surface area contributed by atoms with E-state index in [0.29, 0.717) is 39.1 Å². The van der Waals surface area contributed by atoms with Crippen molar-refractivity contribution in [3.63, 3.8) is 0 Å². The Morgan fingerprint density at radius 3 is 2.38 bits per heavy atom. The maximum absolute atomic E-state index is 12.9. The molecule has 1 aromatic heterocycles. The van der Waals surface area contributed by atoms with Gasteiger partial charge in [-0.3, -0.25) is 19.8 Å². The number of hydrogen-bond donors (Lipinski definition) is 4. The number of nitrogens with one attached hydrogen (secondary N) is 3. The van der Waals surface area contributed by atoms with Gasteiger partial charge in [0, 0.05) is 35.8 Å². The number of carbonyl (C=O) groups is 2. The van der Waals surface area contributed by atoms with Crippen molar-refractivity contribution in [3.05, 3.63) is 118 Å². The number of hydroxylamine groups is 1. The molecule has 4 aromatic rings. The second-order valence-corrected chi connectivity index (χ2v) is 8.78. The lowest BCUT2D eigenvalue weighted by atomic mass is 10.1. The number of benzene rings is 3. The van der Waals surface area contributed by atoms with E-state index in [1.165, 1.54) is 6.08 Å². The van der Waals surface area contributed by atoms with E-state index in [4.69, 9.17) is 28.4 Å². The van der Waals surface area contributed by atoms with Gasteiger partial charge in [0.15, 0.2) is 0 Å². The third-order valence-corrected chi connectivity index (χ3v) is 6.03. The fraction of sp³-hybridized carbons (Fsp3) is 0.0357. The van der Waals surface area contributed by atoms with Crippen LogP contribution in [0.15, 0.2) is 91.1 Å². The standard InChI is InChI=1S/C28H22Cl2N4O3/c29-24-12-10-21(16-23(24)26-3-1-2-14-31-26)33-28(36)22-11-6-19(15-25(22)30)17-32-20-8-4-18(5-9-20)7-13-27(35)34-37/h1-16,32,37H,17H2,(H,33,36)(H,34,35)/b13-7+. The van der Waals surface area contributed by atoms with E-state index in [1.807, 2.05) is 48.5 Å². The molecule has 0 spiro atoms. The van der Waals surface area contributed by atoms with Crippen LogP contribution in [0.25, 0.3) is 17.3 Å². The minimum absolute atomic E-state index is 0.332. The van der Waals surface area contributed by atoms with Gasteiger partial charge in [-0.25, -0.2) is 5.48 Å². The smallest absolute Gasteiger partial charge is 0.267 e. The van der Waals surface area contributed by atoms with E-state index in [2.05, 4.69) is 15.6 Å². The highest BCUT2D eigenvalue weighted by molar-refractivity contribution is 6.35. The molecule has 4 rings (SSSR count). The molecule has 0 atom stereocenters. The molecule has 0 aliphatic heterocycles. The summed E-state index contributed by atoms with van der Waals surface area (Å²) in [5, 5.41) is 15.5. The number of pyridine rings is 1. The Morgan fingerprint density at radius 1 is 0.892 bits per heavy atom. The molecule has 37 heavy (non-hydrogen) atoms. The summed E-state index contributed by atoms with van der Waals surface area (Å²) < 4.78 is 0. The molecule has 0 saturated heterocycles. The van der Waals surface area contributed by atoms with Crippen molar-refractivity contribution < 1.29 is 14.8 Å². The summed E-state index contributed by atoms with van der Waals surface area (Å²) in [6.07, 6.45) is 4.50. The summed E-state index contributed by atoms with van der Waals surface area (Å²) in [4.78, 5) is 28.3. The van der Waals surface area contributed by atoms with Gasteiger partial charge in [-0.15, -0.1) is 0 Å². The summed E-state index contributed by atoms with van der Waals surface area (Å²) in [6, 6.07) is 23.4. The SMILES string of the molecule is O=C(/C=C/c1ccc(NCc2ccc(C(=O)Nc3ccc(Cl)c(-c4ccccn4)c3)c(Cl)c2)cc1)NO. The Bertz CT molecular complexity index is 1440. The largest absolute Gasteiger partial charge is 0.381 e. The highest BCUT2D eigenvalue weighted by Crippen LogP contribution is 2.30. The van der Waals surface area contributed by atoms with Crippen LogP contribution in [0.4, 0.5) is 11.4 Å². The minimum atomic E-state index is -0.599. The Kier molecular flexibility index (Phi) is 8.53. The molecule has 186 valence electrons. The quantitative estimate of drug-likeness (QED) is 0.119. The Balaban J connectivity index is 1.39. The molecular formula is C28H22Cl2N4O3. The van der Waals surface area contributed by atoms with Gasteiger partial charge in [-0.05, 0) is 71.8 Å². The van der Waals surface area contributed by atoms with Crippen LogP contribution >= 0.6 is 23.2 Å². The Morgan fingerprint density at radius 2 is 1.68 bits per heavy atom. The zero-order valence-electron chi connectivity index (χ0n) is 19.4. The number of carbonyl (C=O) groups excluding carboxylic acids is 2. The first-order valence-corrected chi connectivity index (χ1v) is 12.0. The predicted molar refractivity (Wildman–Crippen MR) is 147 cm³/mol. The number of amides is 2. The molecule has 0 unspecified atom stereocenters. The van der Waals surface area contributed by atoms with Gasteiger partial charge >= 0.3 is 0 Å². The van der Waals surface area contributed by atoms with Crippen molar-refractivity contribution in [3.8, 4) is 11.3 Å². The predicted octanol–water partition coefficient (Wildman–Crippen LogP) is 6.44. The van der Waals surface area contributed by atoms with Crippen LogP contribution in [0.3, 0.4) is 0 Å². The number of halogens is 2. The molecule has 2 amide bonds. The van der Waals surface area contributed by atoms with E-state index in [9.17, 15) is 9.59 Å². The summed E-state index contributed by atoms with van der Waals surface area (Å²) in [5.74, 6) is -0.934. The first-order valence-electron chi connectivity index (χ1n) is 11.2. The van der Waals surface area contributed by atoms with Gasteiger partial charge < -0.3 is 10.6 Å². The molecule has 0 fully saturated rings. The molecule has 3 aromatic carbocycles. The molecule has 4 N–H and O–H groups in total. The van der Waals surface area contributed by atoms with E-state index in [1.54, 1.807) is 48.1 Å². The van der Waals surface area contributed by atoms with Crippen molar-refractivity contribution >= 4 is 52.5 Å². The molecule has 1 heterocycles. The first-order chi connectivity index (χ1) is 17.9. The van der Waals surface area contributed by atoms with Crippen molar-refractivity contribution in [2.75, 3.05) is 10.6 Å². The second kappa shape index (κ2) is 12.2. The van der Waals surface area contributed by atoms with Crippen molar-refractivity contribution in [2.45, 2.75) is 6.54 Å².